The molecular formula is C7H14N4O2. The predicted octanol–water partition coefficient (Wildman–Crippen LogP) is -0.355. The molecule has 0 radical (unpaired) electrons. The van der Waals surface area contributed by atoms with Crippen molar-refractivity contribution in [2.45, 2.75) is 13.5 Å². The highest BCUT2D eigenvalue weighted by Gasteiger charge is 1.98. The number of hydrogen-bond donors (Lipinski definition) is 0. The van der Waals surface area contributed by atoms with Gasteiger partial charge in [0.15, 0.2) is 0 Å². The van der Waals surface area contributed by atoms with Crippen molar-refractivity contribution in [2.24, 2.45) is 0 Å². The summed E-state index contributed by atoms with van der Waals surface area (Å²) in [4.78, 5) is 0. The number of rotatable bonds is 6. The normalized spacial score (nSPS) is 10.6. The molecule has 0 saturated heterocycles. The first-order chi connectivity index (χ1) is 6.34. The first-order valence-electron chi connectivity index (χ1n) is 4.14. The van der Waals surface area contributed by atoms with E-state index in [1.807, 2.05) is 6.92 Å². The molecule has 0 aliphatic rings. The third kappa shape index (κ3) is 3.47. The summed E-state index contributed by atoms with van der Waals surface area (Å²) in [5, 5.41) is 11.1. The molecule has 0 unspecified atom stereocenters. The monoisotopic (exact) mass is 186 g/mol. The first kappa shape index (κ1) is 10.1. The summed E-state index contributed by atoms with van der Waals surface area (Å²) in [6, 6.07) is 0. The lowest BCUT2D eigenvalue weighted by atomic mass is 10.6. The van der Waals surface area contributed by atoms with Crippen molar-refractivity contribution in [3.05, 3.63) is 5.82 Å². The molecule has 0 aliphatic heterocycles. The van der Waals surface area contributed by atoms with Gasteiger partial charge in [-0.25, -0.2) is 4.68 Å². The second kappa shape index (κ2) is 5.60. The maximum Gasteiger partial charge on any atom is 0.148 e. The molecular weight excluding hydrogens is 172 g/mol. The largest absolute Gasteiger partial charge is 0.382 e. The predicted molar refractivity (Wildman–Crippen MR) is 45.2 cm³/mol. The molecule has 0 spiro atoms. The van der Waals surface area contributed by atoms with Crippen LogP contribution in [0.25, 0.3) is 0 Å². The summed E-state index contributed by atoms with van der Waals surface area (Å²) < 4.78 is 11.8. The molecule has 1 rings (SSSR count). The topological polar surface area (TPSA) is 62.1 Å². The molecule has 1 aromatic heterocycles. The van der Waals surface area contributed by atoms with Crippen LogP contribution in [0.15, 0.2) is 0 Å². The van der Waals surface area contributed by atoms with Crippen molar-refractivity contribution in [2.75, 3.05) is 26.9 Å². The van der Waals surface area contributed by atoms with E-state index in [2.05, 4.69) is 15.5 Å². The number of aryl methyl sites for hydroxylation is 1. The Balaban J connectivity index is 2.10. The molecule has 74 valence electrons. The Morgan fingerprint density at radius 2 is 2.15 bits per heavy atom. The van der Waals surface area contributed by atoms with Gasteiger partial charge in [-0.1, -0.05) is 0 Å². The van der Waals surface area contributed by atoms with E-state index in [0.717, 1.165) is 5.82 Å². The van der Waals surface area contributed by atoms with Crippen molar-refractivity contribution in [3.8, 4) is 0 Å². The second-order valence-corrected chi connectivity index (χ2v) is 2.55. The summed E-state index contributed by atoms with van der Waals surface area (Å²) in [5.41, 5.74) is 0. The SMILES string of the molecule is COCCOCCn1nnnc1C. The van der Waals surface area contributed by atoms with Gasteiger partial charge in [-0.05, 0) is 17.4 Å². The van der Waals surface area contributed by atoms with E-state index in [4.69, 9.17) is 9.47 Å². The van der Waals surface area contributed by atoms with Gasteiger partial charge >= 0.3 is 0 Å². The Kier molecular flexibility index (Phi) is 4.34. The Morgan fingerprint density at radius 3 is 2.77 bits per heavy atom. The lowest BCUT2D eigenvalue weighted by Gasteiger charge is -2.03. The maximum atomic E-state index is 5.26. The van der Waals surface area contributed by atoms with E-state index >= 15 is 0 Å². The molecule has 0 fully saturated rings. The minimum atomic E-state index is 0.606. The number of aromatic nitrogens is 4. The van der Waals surface area contributed by atoms with Gasteiger partial charge in [-0.15, -0.1) is 5.10 Å². The molecule has 0 atom stereocenters. The maximum absolute atomic E-state index is 5.26. The fraction of sp³-hybridized carbons (Fsp3) is 0.857. The van der Waals surface area contributed by atoms with Crippen LogP contribution in [0.2, 0.25) is 0 Å². The van der Waals surface area contributed by atoms with Crippen LogP contribution < -0.4 is 0 Å². The van der Waals surface area contributed by atoms with E-state index in [1.54, 1.807) is 11.8 Å². The van der Waals surface area contributed by atoms with Crippen molar-refractivity contribution in [1.82, 2.24) is 20.2 Å². The summed E-state index contributed by atoms with van der Waals surface area (Å²) >= 11 is 0. The van der Waals surface area contributed by atoms with Crippen molar-refractivity contribution >= 4 is 0 Å². The third-order valence-electron chi connectivity index (χ3n) is 1.59. The fourth-order valence-electron chi connectivity index (χ4n) is 0.851. The highest BCUT2D eigenvalue weighted by Crippen LogP contribution is 1.88. The molecule has 0 bridgehead atoms. The van der Waals surface area contributed by atoms with Crippen LogP contribution in [0.1, 0.15) is 5.82 Å². The van der Waals surface area contributed by atoms with E-state index in [9.17, 15) is 0 Å². The van der Waals surface area contributed by atoms with E-state index in [1.165, 1.54) is 0 Å². The molecule has 0 amide bonds. The van der Waals surface area contributed by atoms with Crippen LogP contribution in [0, 0.1) is 6.92 Å². The molecule has 0 aliphatic carbocycles. The van der Waals surface area contributed by atoms with Crippen molar-refractivity contribution in [1.29, 1.82) is 0 Å². The van der Waals surface area contributed by atoms with Crippen molar-refractivity contribution in [3.63, 3.8) is 0 Å². The number of tetrazole rings is 1. The molecule has 6 nitrogen and oxygen atoms in total. The lowest BCUT2D eigenvalue weighted by Crippen LogP contribution is -2.11. The first-order valence-corrected chi connectivity index (χ1v) is 4.14. The number of ether oxygens (including phenoxy) is 2. The van der Waals surface area contributed by atoms with Crippen LogP contribution in [-0.2, 0) is 16.0 Å². The fourth-order valence-corrected chi connectivity index (χ4v) is 0.851. The minimum Gasteiger partial charge on any atom is -0.382 e. The standard InChI is InChI=1S/C7H14N4O2/c1-7-8-9-10-11(7)3-4-13-6-5-12-2/h3-6H2,1-2H3. The van der Waals surface area contributed by atoms with Crippen molar-refractivity contribution < 1.29 is 9.47 Å². The van der Waals surface area contributed by atoms with Crippen LogP contribution in [0.4, 0.5) is 0 Å². The van der Waals surface area contributed by atoms with Gasteiger partial charge in [-0.3, -0.25) is 0 Å². The molecule has 0 N–H and O–H groups in total. The molecule has 6 heteroatoms. The zero-order chi connectivity index (χ0) is 9.52. The van der Waals surface area contributed by atoms with Crippen LogP contribution in [-0.4, -0.2) is 47.1 Å². The van der Waals surface area contributed by atoms with Gasteiger partial charge in [0, 0.05) is 7.11 Å². The second-order valence-electron chi connectivity index (χ2n) is 2.55. The average Bonchev–Trinajstić information content (AvgIpc) is 2.52. The Labute approximate surface area is 76.8 Å². The number of nitrogens with zero attached hydrogens (tertiary/aromatic N) is 4. The molecule has 13 heavy (non-hydrogen) atoms. The Hall–Kier alpha value is -1.01. The zero-order valence-electron chi connectivity index (χ0n) is 7.93. The van der Waals surface area contributed by atoms with Gasteiger partial charge in [-0.2, -0.15) is 0 Å². The number of hydrogen-bond acceptors (Lipinski definition) is 5. The molecule has 0 saturated carbocycles. The van der Waals surface area contributed by atoms with Gasteiger partial charge < -0.3 is 9.47 Å². The Morgan fingerprint density at radius 1 is 1.31 bits per heavy atom. The summed E-state index contributed by atoms with van der Waals surface area (Å²) in [5.74, 6) is 0.801. The zero-order valence-corrected chi connectivity index (χ0v) is 7.93. The van der Waals surface area contributed by atoms with Crippen LogP contribution >= 0.6 is 0 Å². The van der Waals surface area contributed by atoms with Gasteiger partial charge in [0.2, 0.25) is 0 Å². The smallest absolute Gasteiger partial charge is 0.148 e. The van der Waals surface area contributed by atoms with E-state index in [0.29, 0.717) is 26.4 Å². The van der Waals surface area contributed by atoms with Gasteiger partial charge in [0.25, 0.3) is 0 Å². The highest BCUT2D eigenvalue weighted by atomic mass is 16.5. The van der Waals surface area contributed by atoms with Crippen LogP contribution in [0.5, 0.6) is 0 Å². The molecule has 1 aromatic rings. The molecule has 1 heterocycles. The van der Waals surface area contributed by atoms with Gasteiger partial charge in [0.05, 0.1) is 26.4 Å². The summed E-state index contributed by atoms with van der Waals surface area (Å²) in [6.45, 7) is 4.37. The average molecular weight is 186 g/mol. The van der Waals surface area contributed by atoms with Gasteiger partial charge in [0.1, 0.15) is 5.82 Å². The summed E-state index contributed by atoms with van der Waals surface area (Å²) in [7, 11) is 1.65. The lowest BCUT2D eigenvalue weighted by molar-refractivity contribution is 0.0650. The van der Waals surface area contributed by atoms with E-state index < -0.39 is 0 Å². The highest BCUT2D eigenvalue weighted by molar-refractivity contribution is 4.72. The number of methoxy groups -OCH3 is 1. The van der Waals surface area contributed by atoms with E-state index in [-0.39, 0.29) is 0 Å². The summed E-state index contributed by atoms with van der Waals surface area (Å²) in [6.07, 6.45) is 0. The minimum absolute atomic E-state index is 0.606. The third-order valence-corrected chi connectivity index (χ3v) is 1.59. The Bertz CT molecular complexity index is 238. The van der Waals surface area contributed by atoms with Crippen LogP contribution in [0.3, 0.4) is 0 Å². The quantitative estimate of drug-likeness (QED) is 0.568. The molecule has 0 aromatic carbocycles.